The zero-order valence-corrected chi connectivity index (χ0v) is 12.8. The molecule has 0 bridgehead atoms. The lowest BCUT2D eigenvalue weighted by molar-refractivity contribution is -0.124. The van der Waals surface area contributed by atoms with Crippen molar-refractivity contribution in [3.63, 3.8) is 0 Å². The first-order valence-electron chi connectivity index (χ1n) is 7.02. The number of nitrogens with one attached hydrogen (secondary N) is 1. The second-order valence-corrected chi connectivity index (χ2v) is 5.96. The lowest BCUT2D eigenvalue weighted by atomic mass is 9.73. The summed E-state index contributed by atoms with van der Waals surface area (Å²) in [6.07, 6.45) is 1.73. The predicted octanol–water partition coefficient (Wildman–Crippen LogP) is 1.95. The zero-order valence-electron chi connectivity index (χ0n) is 12.0. The summed E-state index contributed by atoms with van der Waals surface area (Å²) in [7, 11) is 0. The standard InChI is InChI=1S/C15H13ClFN5O/c16-11-3-1-2-10(4-11)15(17)5-12(6-15)20-14(23)8-22-9-19-13(7-18)21-22/h1-4,9,12H,5-6,8H2,(H,20,23). The molecule has 1 aliphatic carbocycles. The van der Waals surface area contributed by atoms with Crippen molar-refractivity contribution in [3.8, 4) is 6.07 Å². The van der Waals surface area contributed by atoms with Crippen LogP contribution in [0.5, 0.6) is 0 Å². The maximum Gasteiger partial charge on any atom is 0.252 e. The van der Waals surface area contributed by atoms with Crippen molar-refractivity contribution in [2.75, 3.05) is 0 Å². The van der Waals surface area contributed by atoms with Crippen LogP contribution in [-0.4, -0.2) is 26.7 Å². The summed E-state index contributed by atoms with van der Waals surface area (Å²) >= 11 is 5.88. The third-order valence-corrected chi connectivity index (χ3v) is 4.02. The van der Waals surface area contributed by atoms with Crippen LogP contribution in [0, 0.1) is 11.3 Å². The van der Waals surface area contributed by atoms with E-state index in [9.17, 15) is 9.18 Å². The van der Waals surface area contributed by atoms with Gasteiger partial charge in [-0.1, -0.05) is 23.7 Å². The highest BCUT2D eigenvalue weighted by atomic mass is 35.5. The topological polar surface area (TPSA) is 83.6 Å². The molecule has 1 aliphatic rings. The van der Waals surface area contributed by atoms with Gasteiger partial charge in [0.2, 0.25) is 5.91 Å². The van der Waals surface area contributed by atoms with Gasteiger partial charge >= 0.3 is 0 Å². The zero-order chi connectivity index (χ0) is 16.4. The molecule has 1 saturated carbocycles. The van der Waals surface area contributed by atoms with Gasteiger partial charge in [0, 0.05) is 23.9 Å². The van der Waals surface area contributed by atoms with E-state index in [4.69, 9.17) is 16.9 Å². The third kappa shape index (κ3) is 3.32. The number of rotatable bonds is 4. The number of aromatic nitrogens is 3. The molecule has 1 aromatic carbocycles. The van der Waals surface area contributed by atoms with E-state index in [-0.39, 0.29) is 37.2 Å². The average molecular weight is 334 g/mol. The number of halogens is 2. The van der Waals surface area contributed by atoms with Gasteiger partial charge < -0.3 is 5.32 Å². The van der Waals surface area contributed by atoms with Crippen molar-refractivity contribution in [1.29, 1.82) is 5.26 Å². The molecule has 1 N–H and O–H groups in total. The maximum absolute atomic E-state index is 14.7. The van der Waals surface area contributed by atoms with Crippen molar-refractivity contribution in [3.05, 3.63) is 47.0 Å². The molecule has 118 valence electrons. The van der Waals surface area contributed by atoms with Crippen LogP contribution in [0.25, 0.3) is 0 Å². The van der Waals surface area contributed by atoms with Crippen LogP contribution in [-0.2, 0) is 17.0 Å². The molecule has 1 fully saturated rings. The van der Waals surface area contributed by atoms with E-state index < -0.39 is 5.67 Å². The van der Waals surface area contributed by atoms with Crippen LogP contribution in [0.2, 0.25) is 5.02 Å². The van der Waals surface area contributed by atoms with Gasteiger partial charge in [-0.25, -0.2) is 14.1 Å². The number of benzene rings is 1. The molecule has 0 unspecified atom stereocenters. The van der Waals surface area contributed by atoms with Gasteiger partial charge in [0.05, 0.1) is 0 Å². The molecule has 3 rings (SSSR count). The van der Waals surface area contributed by atoms with Crippen LogP contribution in [0.3, 0.4) is 0 Å². The molecule has 23 heavy (non-hydrogen) atoms. The Morgan fingerprint density at radius 1 is 1.57 bits per heavy atom. The summed E-state index contributed by atoms with van der Waals surface area (Å²) in [5.74, 6) is -0.289. The lowest BCUT2D eigenvalue weighted by Crippen LogP contribution is -2.51. The number of nitriles is 1. The molecule has 6 nitrogen and oxygen atoms in total. The fourth-order valence-electron chi connectivity index (χ4n) is 2.67. The minimum atomic E-state index is -1.45. The summed E-state index contributed by atoms with van der Waals surface area (Å²) in [5, 5.41) is 15.7. The molecule has 2 aromatic rings. The Balaban J connectivity index is 1.53. The number of alkyl halides is 1. The highest BCUT2D eigenvalue weighted by Crippen LogP contribution is 2.45. The van der Waals surface area contributed by atoms with Gasteiger partial charge in [-0.3, -0.25) is 4.79 Å². The van der Waals surface area contributed by atoms with Crippen LogP contribution < -0.4 is 5.32 Å². The normalized spacial score (nSPS) is 22.9. The average Bonchev–Trinajstić information content (AvgIpc) is 2.93. The van der Waals surface area contributed by atoms with Crippen molar-refractivity contribution < 1.29 is 9.18 Å². The number of carbonyl (C=O) groups is 1. The Labute approximate surface area is 136 Å². The lowest BCUT2D eigenvalue weighted by Gasteiger charge is -2.42. The summed E-state index contributed by atoms with van der Waals surface area (Å²) in [6.45, 7) is -0.0539. The quantitative estimate of drug-likeness (QED) is 0.926. The van der Waals surface area contributed by atoms with Crippen molar-refractivity contribution >= 4 is 17.5 Å². The molecule has 0 radical (unpaired) electrons. The van der Waals surface area contributed by atoms with Crippen LogP contribution in [0.15, 0.2) is 30.6 Å². The minimum absolute atomic E-state index is 0.00479. The summed E-state index contributed by atoms with van der Waals surface area (Å²) in [6, 6.07) is 8.26. The highest BCUT2D eigenvalue weighted by Gasteiger charge is 2.46. The van der Waals surface area contributed by atoms with E-state index in [1.54, 1.807) is 30.3 Å². The number of hydrogen-bond acceptors (Lipinski definition) is 4. The number of carbonyl (C=O) groups excluding carboxylic acids is 1. The molecule has 0 atom stereocenters. The van der Waals surface area contributed by atoms with Gasteiger partial charge in [-0.05, 0) is 17.7 Å². The number of amides is 1. The van der Waals surface area contributed by atoms with Gasteiger partial charge in [0.15, 0.2) is 0 Å². The third-order valence-electron chi connectivity index (χ3n) is 3.79. The van der Waals surface area contributed by atoms with Gasteiger partial charge in [-0.2, -0.15) is 5.26 Å². The van der Waals surface area contributed by atoms with Crippen LogP contribution in [0.4, 0.5) is 4.39 Å². The SMILES string of the molecule is N#Cc1ncn(CC(=O)NC2CC(F)(c3cccc(Cl)c3)C2)n1. The molecule has 0 spiro atoms. The molecule has 0 aliphatic heterocycles. The van der Waals surface area contributed by atoms with E-state index in [1.807, 2.05) is 0 Å². The second kappa shape index (κ2) is 5.97. The van der Waals surface area contributed by atoms with Gasteiger partial charge in [0.25, 0.3) is 5.82 Å². The Bertz CT molecular complexity index is 778. The summed E-state index contributed by atoms with van der Waals surface area (Å²) in [5.41, 5.74) is -0.921. The van der Waals surface area contributed by atoms with E-state index in [2.05, 4.69) is 15.4 Å². The summed E-state index contributed by atoms with van der Waals surface area (Å²) < 4.78 is 16.0. The molecule has 1 amide bonds. The maximum atomic E-state index is 14.7. The number of nitrogens with zero attached hydrogens (tertiary/aromatic N) is 4. The first kappa shape index (κ1) is 15.4. The molecule has 0 saturated heterocycles. The van der Waals surface area contributed by atoms with Crippen LogP contribution in [0.1, 0.15) is 24.2 Å². The fraction of sp³-hybridized carbons (Fsp3) is 0.333. The first-order valence-corrected chi connectivity index (χ1v) is 7.40. The van der Waals surface area contributed by atoms with Gasteiger partial charge in [0.1, 0.15) is 24.6 Å². The minimum Gasteiger partial charge on any atom is -0.351 e. The van der Waals surface area contributed by atoms with Gasteiger partial charge in [-0.15, -0.1) is 5.10 Å². The van der Waals surface area contributed by atoms with Crippen LogP contribution >= 0.6 is 11.6 Å². The van der Waals surface area contributed by atoms with E-state index >= 15 is 0 Å². The highest BCUT2D eigenvalue weighted by molar-refractivity contribution is 6.30. The Hall–Kier alpha value is -2.46. The second-order valence-electron chi connectivity index (χ2n) is 5.53. The smallest absolute Gasteiger partial charge is 0.252 e. The largest absolute Gasteiger partial charge is 0.351 e. The molecule has 8 heteroatoms. The molecular formula is C15H13ClFN5O. The summed E-state index contributed by atoms with van der Waals surface area (Å²) in [4.78, 5) is 15.6. The van der Waals surface area contributed by atoms with Crippen molar-refractivity contribution in [2.24, 2.45) is 0 Å². The van der Waals surface area contributed by atoms with Crippen molar-refractivity contribution in [1.82, 2.24) is 20.1 Å². The Morgan fingerprint density at radius 3 is 3.00 bits per heavy atom. The Morgan fingerprint density at radius 2 is 2.35 bits per heavy atom. The Kier molecular flexibility index (Phi) is 4.01. The monoisotopic (exact) mass is 333 g/mol. The van der Waals surface area contributed by atoms with E-state index in [0.29, 0.717) is 10.6 Å². The molecule has 1 aromatic heterocycles. The molecular weight excluding hydrogens is 321 g/mol. The van der Waals surface area contributed by atoms with E-state index in [1.165, 1.54) is 11.0 Å². The fourth-order valence-corrected chi connectivity index (χ4v) is 2.86. The van der Waals surface area contributed by atoms with Crippen molar-refractivity contribution in [2.45, 2.75) is 31.1 Å². The molecule has 1 heterocycles. The number of hydrogen-bond donors (Lipinski definition) is 1. The van der Waals surface area contributed by atoms with E-state index in [0.717, 1.165) is 0 Å². The predicted molar refractivity (Wildman–Crippen MR) is 80.1 cm³/mol. The first-order chi connectivity index (χ1) is 11.0.